The number of hydrogen-bond donors (Lipinski definition) is 2. The second-order valence-electron chi connectivity index (χ2n) is 5.27. The lowest BCUT2D eigenvalue weighted by Gasteiger charge is -2.20. The number of rotatable bonds is 6. The van der Waals surface area contributed by atoms with E-state index in [-0.39, 0.29) is 17.4 Å². The minimum atomic E-state index is -0.0104. The molecule has 0 aliphatic heterocycles. The Morgan fingerprint density at radius 3 is 2.26 bits per heavy atom. The van der Waals surface area contributed by atoms with Gasteiger partial charge in [0.2, 0.25) is 0 Å². The largest absolute Gasteiger partial charge is 0.512 e. The highest BCUT2D eigenvalue weighted by Gasteiger charge is 2.17. The van der Waals surface area contributed by atoms with Crippen molar-refractivity contribution in [2.24, 2.45) is 5.92 Å². The molecule has 2 heteroatoms. The van der Waals surface area contributed by atoms with E-state index in [1.165, 1.54) is 11.1 Å². The molecule has 0 aliphatic rings. The number of aromatic hydroxyl groups is 1. The van der Waals surface area contributed by atoms with Crippen LogP contribution in [0.5, 0.6) is 5.75 Å². The van der Waals surface area contributed by atoms with E-state index in [4.69, 9.17) is 0 Å². The van der Waals surface area contributed by atoms with Crippen molar-refractivity contribution in [1.29, 1.82) is 0 Å². The molecule has 104 valence electrons. The van der Waals surface area contributed by atoms with E-state index in [1.54, 1.807) is 12.1 Å². The zero-order chi connectivity index (χ0) is 14.4. The molecule has 0 fully saturated rings. The van der Waals surface area contributed by atoms with Crippen LogP contribution in [0, 0.1) is 5.92 Å². The number of phenols is 1. The van der Waals surface area contributed by atoms with E-state index >= 15 is 0 Å². The average molecular weight is 260 g/mol. The number of aliphatic hydroxyl groups is 1. The Kier molecular flexibility index (Phi) is 5.68. The zero-order valence-corrected chi connectivity index (χ0v) is 12.1. The Morgan fingerprint density at radius 1 is 1.26 bits per heavy atom. The third-order valence-corrected chi connectivity index (χ3v) is 3.36. The van der Waals surface area contributed by atoms with Crippen LogP contribution < -0.4 is 0 Å². The predicted octanol–water partition coefficient (Wildman–Crippen LogP) is 4.93. The lowest BCUT2D eigenvalue weighted by Crippen LogP contribution is -2.08. The van der Waals surface area contributed by atoms with Gasteiger partial charge >= 0.3 is 0 Å². The number of phenolic OH excluding ortho intramolecular Hbond substituents is 1. The minimum Gasteiger partial charge on any atom is -0.512 e. The van der Waals surface area contributed by atoms with Gasteiger partial charge < -0.3 is 10.2 Å². The molecule has 0 aliphatic carbocycles. The van der Waals surface area contributed by atoms with E-state index in [2.05, 4.69) is 19.6 Å². The molecule has 0 aromatic heterocycles. The van der Waals surface area contributed by atoms with Crippen LogP contribution in [-0.4, -0.2) is 10.2 Å². The van der Waals surface area contributed by atoms with Gasteiger partial charge in [0.25, 0.3) is 0 Å². The zero-order valence-electron chi connectivity index (χ0n) is 12.1. The Labute approximate surface area is 116 Å². The van der Waals surface area contributed by atoms with Crippen molar-refractivity contribution in [3.8, 4) is 5.75 Å². The first-order chi connectivity index (χ1) is 8.93. The molecule has 1 aromatic carbocycles. The first kappa shape index (κ1) is 15.4. The average Bonchev–Trinajstić information content (AvgIpc) is 2.35. The van der Waals surface area contributed by atoms with Crippen molar-refractivity contribution >= 4 is 0 Å². The molecule has 19 heavy (non-hydrogen) atoms. The molecule has 0 amide bonds. The highest BCUT2D eigenvalue weighted by molar-refractivity contribution is 5.28. The van der Waals surface area contributed by atoms with Gasteiger partial charge in [0.1, 0.15) is 5.75 Å². The molecular formula is C17H24O2. The summed E-state index contributed by atoms with van der Waals surface area (Å²) in [5.41, 5.74) is 2.37. The fourth-order valence-electron chi connectivity index (χ4n) is 2.29. The predicted molar refractivity (Wildman–Crippen MR) is 80.4 cm³/mol. The molecule has 0 bridgehead atoms. The molecule has 2 N–H and O–H groups in total. The Morgan fingerprint density at radius 2 is 1.84 bits per heavy atom. The normalized spacial score (nSPS) is 13.6. The molecule has 0 heterocycles. The molecular weight excluding hydrogens is 236 g/mol. The van der Waals surface area contributed by atoms with Crippen LogP contribution in [0.15, 0.2) is 48.3 Å². The quantitative estimate of drug-likeness (QED) is 0.562. The van der Waals surface area contributed by atoms with Crippen LogP contribution in [0.2, 0.25) is 0 Å². The van der Waals surface area contributed by atoms with Crippen molar-refractivity contribution in [2.45, 2.75) is 39.5 Å². The standard InChI is InChI=1S/C17H24O2/c1-5-14(15-6-8-17(19)9-7-15)11-16(13(4)18)10-12(2)3/h6-10,14,16,18-19H,4-5,11H2,1-3H3. The highest BCUT2D eigenvalue weighted by atomic mass is 16.3. The molecule has 1 aromatic rings. The second-order valence-corrected chi connectivity index (χ2v) is 5.27. The van der Waals surface area contributed by atoms with Gasteiger partial charge in [0.15, 0.2) is 0 Å². The maximum Gasteiger partial charge on any atom is 0.115 e. The topological polar surface area (TPSA) is 40.5 Å². The lowest BCUT2D eigenvalue weighted by atomic mass is 9.85. The van der Waals surface area contributed by atoms with Crippen LogP contribution in [0.3, 0.4) is 0 Å². The van der Waals surface area contributed by atoms with Crippen molar-refractivity contribution in [2.75, 3.05) is 0 Å². The lowest BCUT2D eigenvalue weighted by molar-refractivity contribution is 0.338. The van der Waals surface area contributed by atoms with Gasteiger partial charge in [0.05, 0.1) is 5.76 Å². The molecule has 0 saturated heterocycles. The second kappa shape index (κ2) is 7.03. The summed E-state index contributed by atoms with van der Waals surface area (Å²) in [5.74, 6) is 0.846. The van der Waals surface area contributed by atoms with Gasteiger partial charge in [-0.1, -0.05) is 37.3 Å². The van der Waals surface area contributed by atoms with Gasteiger partial charge in [-0.2, -0.15) is 0 Å². The van der Waals surface area contributed by atoms with Crippen LogP contribution in [0.4, 0.5) is 0 Å². The number of aliphatic hydroxyl groups excluding tert-OH is 1. The van der Waals surface area contributed by atoms with Gasteiger partial charge in [-0.3, -0.25) is 0 Å². The summed E-state index contributed by atoms with van der Waals surface area (Å²) < 4.78 is 0. The summed E-state index contributed by atoms with van der Waals surface area (Å²) in [6, 6.07) is 7.32. The van der Waals surface area contributed by atoms with Gasteiger partial charge in [-0.25, -0.2) is 0 Å². The molecule has 2 unspecified atom stereocenters. The van der Waals surface area contributed by atoms with Gasteiger partial charge in [0, 0.05) is 5.92 Å². The maximum atomic E-state index is 9.72. The Hall–Kier alpha value is -1.70. The molecule has 2 atom stereocenters. The van der Waals surface area contributed by atoms with Gasteiger partial charge in [-0.15, -0.1) is 0 Å². The molecule has 2 nitrogen and oxygen atoms in total. The van der Waals surface area contributed by atoms with E-state index in [1.807, 2.05) is 26.0 Å². The third-order valence-electron chi connectivity index (χ3n) is 3.36. The summed E-state index contributed by atoms with van der Waals surface area (Å²) in [6.45, 7) is 9.86. The first-order valence-corrected chi connectivity index (χ1v) is 6.75. The van der Waals surface area contributed by atoms with Gasteiger partial charge in [-0.05, 0) is 50.3 Å². The molecule has 1 rings (SSSR count). The summed E-state index contributed by atoms with van der Waals surface area (Å²) in [7, 11) is 0. The molecule has 0 spiro atoms. The van der Waals surface area contributed by atoms with Crippen LogP contribution in [0.1, 0.15) is 45.1 Å². The number of benzene rings is 1. The third kappa shape index (κ3) is 4.82. The summed E-state index contributed by atoms with van der Waals surface area (Å²) in [6.07, 6.45) is 3.89. The summed E-state index contributed by atoms with van der Waals surface area (Å²) in [5, 5.41) is 19.1. The number of hydrogen-bond acceptors (Lipinski definition) is 2. The SMILES string of the molecule is C=C(O)C(C=C(C)C)CC(CC)c1ccc(O)cc1. The fourth-order valence-corrected chi connectivity index (χ4v) is 2.29. The van der Waals surface area contributed by atoms with Crippen molar-refractivity contribution in [1.82, 2.24) is 0 Å². The summed E-state index contributed by atoms with van der Waals surface area (Å²) >= 11 is 0. The highest BCUT2D eigenvalue weighted by Crippen LogP contribution is 2.31. The molecule has 0 saturated carbocycles. The van der Waals surface area contributed by atoms with E-state index in [0.717, 1.165) is 12.8 Å². The van der Waals surface area contributed by atoms with Crippen molar-refractivity contribution in [3.05, 3.63) is 53.8 Å². The number of allylic oxidation sites excluding steroid dienone is 2. The van der Waals surface area contributed by atoms with Crippen molar-refractivity contribution < 1.29 is 10.2 Å². The van der Waals surface area contributed by atoms with E-state index in [0.29, 0.717) is 5.92 Å². The smallest absolute Gasteiger partial charge is 0.115 e. The van der Waals surface area contributed by atoms with Crippen LogP contribution in [-0.2, 0) is 0 Å². The fraction of sp³-hybridized carbons (Fsp3) is 0.412. The Balaban J connectivity index is 2.88. The monoisotopic (exact) mass is 260 g/mol. The van der Waals surface area contributed by atoms with Crippen LogP contribution >= 0.6 is 0 Å². The van der Waals surface area contributed by atoms with E-state index in [9.17, 15) is 10.2 Å². The Bertz CT molecular complexity index is 439. The van der Waals surface area contributed by atoms with Crippen molar-refractivity contribution in [3.63, 3.8) is 0 Å². The first-order valence-electron chi connectivity index (χ1n) is 6.75. The molecule has 0 radical (unpaired) electrons. The van der Waals surface area contributed by atoms with E-state index < -0.39 is 0 Å². The summed E-state index contributed by atoms with van der Waals surface area (Å²) in [4.78, 5) is 0. The van der Waals surface area contributed by atoms with Crippen LogP contribution in [0.25, 0.3) is 0 Å². The minimum absolute atomic E-state index is 0.0104. The maximum absolute atomic E-state index is 9.72.